The summed E-state index contributed by atoms with van der Waals surface area (Å²) >= 11 is 0. The Morgan fingerprint density at radius 3 is 2.83 bits per heavy atom. The molecule has 116 valence electrons. The number of fused-ring (bicyclic) bond motifs is 2. The van der Waals surface area contributed by atoms with E-state index in [4.69, 9.17) is 0 Å². The number of benzene rings is 2. The summed E-state index contributed by atoms with van der Waals surface area (Å²) in [4.78, 5) is 12.3. The molecule has 1 heterocycles. The second-order valence-electron chi connectivity index (χ2n) is 5.97. The highest BCUT2D eigenvalue weighted by atomic mass is 16.2. The topological polar surface area (TPSA) is 59.8 Å². The van der Waals surface area contributed by atoms with Gasteiger partial charge >= 0.3 is 0 Å². The van der Waals surface area contributed by atoms with Gasteiger partial charge in [0.1, 0.15) is 12.1 Å². The van der Waals surface area contributed by atoms with Crippen LogP contribution in [0.4, 0.5) is 5.69 Å². The zero-order valence-electron chi connectivity index (χ0n) is 12.8. The summed E-state index contributed by atoms with van der Waals surface area (Å²) in [5.41, 5.74) is 5.30. The number of nitrogens with one attached hydrogen (secondary N) is 1. The van der Waals surface area contributed by atoms with Crippen LogP contribution in [0.15, 0.2) is 42.5 Å². The highest BCUT2D eigenvalue weighted by molar-refractivity contribution is 5.91. The van der Waals surface area contributed by atoms with Gasteiger partial charge in [0.05, 0.1) is 5.52 Å². The Morgan fingerprint density at radius 1 is 1.09 bits per heavy atom. The molecule has 23 heavy (non-hydrogen) atoms. The monoisotopic (exact) mass is 306 g/mol. The largest absolute Gasteiger partial charge is 0.324 e. The average Bonchev–Trinajstić information content (AvgIpc) is 2.98. The van der Waals surface area contributed by atoms with Crippen LogP contribution in [-0.2, 0) is 24.2 Å². The van der Waals surface area contributed by atoms with Crippen LogP contribution in [-0.4, -0.2) is 20.9 Å². The van der Waals surface area contributed by atoms with Gasteiger partial charge in [0.2, 0.25) is 5.91 Å². The predicted octanol–water partition coefficient (Wildman–Crippen LogP) is 2.95. The fraction of sp³-hybridized carbons (Fsp3) is 0.278. The summed E-state index contributed by atoms with van der Waals surface area (Å²) in [6.45, 7) is 0.164. The normalized spacial score (nSPS) is 13.7. The molecule has 2 aromatic carbocycles. The van der Waals surface area contributed by atoms with E-state index in [2.05, 4.69) is 27.8 Å². The van der Waals surface area contributed by atoms with Crippen LogP contribution in [0.2, 0.25) is 0 Å². The minimum absolute atomic E-state index is 0.0867. The van der Waals surface area contributed by atoms with Gasteiger partial charge in [0.25, 0.3) is 0 Å². The molecule has 1 N–H and O–H groups in total. The van der Waals surface area contributed by atoms with Gasteiger partial charge in [-0.25, -0.2) is 4.68 Å². The van der Waals surface area contributed by atoms with Crippen molar-refractivity contribution in [1.29, 1.82) is 0 Å². The van der Waals surface area contributed by atoms with Gasteiger partial charge in [-0.3, -0.25) is 4.79 Å². The first-order chi connectivity index (χ1) is 11.3. The van der Waals surface area contributed by atoms with Crippen LogP contribution in [0.3, 0.4) is 0 Å². The molecule has 1 aliphatic rings. The standard InChI is InChI=1S/C18H18N4O/c23-18(12-22-17-8-4-3-7-16(17)20-21-22)19-15-10-9-13-5-1-2-6-14(13)11-15/h3-4,7-11H,1-2,5-6,12H2,(H,19,23). The second-order valence-corrected chi connectivity index (χ2v) is 5.97. The van der Waals surface area contributed by atoms with Crippen LogP contribution in [0, 0.1) is 0 Å². The van der Waals surface area contributed by atoms with E-state index >= 15 is 0 Å². The molecule has 3 aromatic rings. The summed E-state index contributed by atoms with van der Waals surface area (Å²) in [5, 5.41) is 11.1. The van der Waals surface area contributed by atoms with Gasteiger partial charge in [-0.2, -0.15) is 0 Å². The van der Waals surface area contributed by atoms with Crippen LogP contribution in [0.25, 0.3) is 11.0 Å². The van der Waals surface area contributed by atoms with E-state index in [9.17, 15) is 4.79 Å². The first-order valence-corrected chi connectivity index (χ1v) is 7.99. The van der Waals surface area contributed by atoms with E-state index in [1.807, 2.05) is 30.3 Å². The van der Waals surface area contributed by atoms with E-state index < -0.39 is 0 Å². The Hall–Kier alpha value is -2.69. The van der Waals surface area contributed by atoms with Crippen molar-refractivity contribution in [2.75, 3.05) is 5.32 Å². The molecule has 0 spiro atoms. The molecule has 0 saturated heterocycles. The van der Waals surface area contributed by atoms with E-state index in [0.717, 1.165) is 29.6 Å². The zero-order valence-corrected chi connectivity index (χ0v) is 12.8. The van der Waals surface area contributed by atoms with Crippen molar-refractivity contribution in [2.24, 2.45) is 0 Å². The third kappa shape index (κ3) is 2.82. The first-order valence-electron chi connectivity index (χ1n) is 7.99. The third-order valence-corrected chi connectivity index (χ3v) is 4.35. The van der Waals surface area contributed by atoms with Gasteiger partial charge in [-0.1, -0.05) is 23.4 Å². The van der Waals surface area contributed by atoms with Gasteiger partial charge in [-0.05, 0) is 61.1 Å². The Labute approximate surface area is 134 Å². The lowest BCUT2D eigenvalue weighted by Gasteiger charge is -2.16. The number of nitrogens with zero attached hydrogens (tertiary/aromatic N) is 3. The van der Waals surface area contributed by atoms with Crippen molar-refractivity contribution in [2.45, 2.75) is 32.2 Å². The Morgan fingerprint density at radius 2 is 1.91 bits per heavy atom. The number of aromatic nitrogens is 3. The lowest BCUT2D eigenvalue weighted by atomic mass is 9.91. The maximum absolute atomic E-state index is 12.3. The van der Waals surface area contributed by atoms with E-state index in [1.54, 1.807) is 4.68 Å². The van der Waals surface area contributed by atoms with Crippen molar-refractivity contribution in [1.82, 2.24) is 15.0 Å². The number of rotatable bonds is 3. The number of carbonyl (C=O) groups excluding carboxylic acids is 1. The predicted molar refractivity (Wildman–Crippen MR) is 89.2 cm³/mol. The molecule has 1 aromatic heterocycles. The molecule has 0 aliphatic heterocycles. The van der Waals surface area contributed by atoms with Gasteiger partial charge < -0.3 is 5.32 Å². The van der Waals surface area contributed by atoms with E-state index in [1.165, 1.54) is 24.0 Å². The number of amides is 1. The number of hydrogen-bond donors (Lipinski definition) is 1. The summed E-state index contributed by atoms with van der Waals surface area (Å²) in [7, 11) is 0. The summed E-state index contributed by atoms with van der Waals surface area (Å²) in [5.74, 6) is -0.0867. The molecule has 5 nitrogen and oxygen atoms in total. The number of carbonyl (C=O) groups is 1. The summed E-state index contributed by atoms with van der Waals surface area (Å²) in [6.07, 6.45) is 4.74. The number of hydrogen-bond acceptors (Lipinski definition) is 3. The van der Waals surface area contributed by atoms with Crippen molar-refractivity contribution in [3.8, 4) is 0 Å². The summed E-state index contributed by atoms with van der Waals surface area (Å²) in [6, 6.07) is 13.9. The first kappa shape index (κ1) is 13.9. The van der Waals surface area contributed by atoms with Crippen LogP contribution in [0.1, 0.15) is 24.0 Å². The van der Waals surface area contributed by atoms with Crippen molar-refractivity contribution < 1.29 is 4.79 Å². The Balaban J connectivity index is 1.50. The quantitative estimate of drug-likeness (QED) is 0.809. The maximum atomic E-state index is 12.3. The molecule has 0 saturated carbocycles. The second kappa shape index (κ2) is 5.83. The number of aryl methyl sites for hydroxylation is 2. The molecule has 5 heteroatoms. The smallest absolute Gasteiger partial charge is 0.246 e. The number of anilines is 1. The van der Waals surface area contributed by atoms with Crippen molar-refractivity contribution in [3.63, 3.8) is 0 Å². The minimum atomic E-state index is -0.0867. The SMILES string of the molecule is O=C(Cn1nnc2ccccc21)Nc1ccc2c(c1)CCCC2. The average molecular weight is 306 g/mol. The van der Waals surface area contributed by atoms with Crippen LogP contribution >= 0.6 is 0 Å². The van der Waals surface area contributed by atoms with Crippen LogP contribution in [0.5, 0.6) is 0 Å². The molecule has 1 aliphatic carbocycles. The number of para-hydroxylation sites is 1. The fourth-order valence-corrected chi connectivity index (χ4v) is 3.18. The molecule has 1 amide bonds. The van der Waals surface area contributed by atoms with E-state index in [0.29, 0.717) is 0 Å². The highest BCUT2D eigenvalue weighted by Crippen LogP contribution is 2.24. The Kier molecular flexibility index (Phi) is 3.54. The molecular formula is C18H18N4O. The van der Waals surface area contributed by atoms with Gasteiger partial charge in [0, 0.05) is 5.69 Å². The third-order valence-electron chi connectivity index (χ3n) is 4.35. The van der Waals surface area contributed by atoms with E-state index in [-0.39, 0.29) is 12.5 Å². The lowest BCUT2D eigenvalue weighted by molar-refractivity contribution is -0.116. The minimum Gasteiger partial charge on any atom is -0.324 e. The molecule has 0 bridgehead atoms. The molecular weight excluding hydrogens is 288 g/mol. The molecule has 0 radical (unpaired) electrons. The van der Waals surface area contributed by atoms with Gasteiger partial charge in [-0.15, -0.1) is 5.10 Å². The molecule has 4 rings (SSSR count). The van der Waals surface area contributed by atoms with Gasteiger partial charge in [0.15, 0.2) is 0 Å². The molecule has 0 fully saturated rings. The maximum Gasteiger partial charge on any atom is 0.246 e. The zero-order chi connectivity index (χ0) is 15.6. The fourth-order valence-electron chi connectivity index (χ4n) is 3.18. The molecule has 0 unspecified atom stereocenters. The highest BCUT2D eigenvalue weighted by Gasteiger charge is 2.12. The van der Waals surface area contributed by atoms with Crippen molar-refractivity contribution in [3.05, 3.63) is 53.6 Å². The van der Waals surface area contributed by atoms with Crippen molar-refractivity contribution >= 4 is 22.6 Å². The summed E-state index contributed by atoms with van der Waals surface area (Å²) < 4.78 is 1.63. The molecule has 0 atom stereocenters. The Bertz CT molecular complexity index is 868. The lowest BCUT2D eigenvalue weighted by Crippen LogP contribution is -2.19. The van der Waals surface area contributed by atoms with Crippen LogP contribution < -0.4 is 5.32 Å².